The molecule has 1 rings (SSSR count). The lowest BCUT2D eigenvalue weighted by Gasteiger charge is -2.14. The minimum atomic E-state index is -3.26. The van der Waals surface area contributed by atoms with Crippen LogP contribution in [-0.4, -0.2) is 34.0 Å². The topological polar surface area (TPSA) is 82.6 Å². The molecule has 0 amide bonds. The van der Waals surface area contributed by atoms with Crippen LogP contribution in [0.25, 0.3) is 0 Å². The highest BCUT2D eigenvalue weighted by molar-refractivity contribution is 14.0. The highest BCUT2D eigenvalue weighted by Gasteiger charge is 2.08. The number of rotatable bonds is 7. The van der Waals surface area contributed by atoms with E-state index in [4.69, 9.17) is 0 Å². The van der Waals surface area contributed by atoms with Crippen molar-refractivity contribution in [2.45, 2.75) is 39.1 Å². The number of hydrogen-bond acceptors (Lipinski definition) is 3. The summed E-state index contributed by atoms with van der Waals surface area (Å²) in [7, 11) is -1.84. The van der Waals surface area contributed by atoms with Crippen LogP contribution in [0.2, 0.25) is 0 Å². The van der Waals surface area contributed by atoms with Crippen LogP contribution in [0.3, 0.4) is 0 Å². The van der Waals surface area contributed by atoms with Gasteiger partial charge in [-0.25, -0.2) is 18.1 Å². The Bertz CT molecular complexity index is 603. The summed E-state index contributed by atoms with van der Waals surface area (Å²) in [4.78, 5) is 4.51. The normalized spacial score (nSPS) is 12.0. The molecule has 0 fully saturated rings. The van der Waals surface area contributed by atoms with Gasteiger partial charge in [-0.15, -0.1) is 24.0 Å². The Labute approximate surface area is 156 Å². The van der Waals surface area contributed by atoms with Gasteiger partial charge >= 0.3 is 0 Å². The fourth-order valence-electron chi connectivity index (χ4n) is 1.87. The van der Waals surface area contributed by atoms with E-state index in [2.05, 4.69) is 34.2 Å². The Morgan fingerprint density at radius 3 is 2.48 bits per heavy atom. The van der Waals surface area contributed by atoms with Crippen LogP contribution in [0.15, 0.2) is 29.3 Å². The third kappa shape index (κ3) is 9.11. The van der Waals surface area contributed by atoms with Crippen molar-refractivity contribution in [1.29, 1.82) is 0 Å². The van der Waals surface area contributed by atoms with Crippen molar-refractivity contribution in [3.63, 3.8) is 0 Å². The van der Waals surface area contributed by atoms with Crippen LogP contribution in [0, 0.1) is 0 Å². The summed E-state index contributed by atoms with van der Waals surface area (Å²) < 4.78 is 25.5. The van der Waals surface area contributed by atoms with Crippen LogP contribution in [0.5, 0.6) is 0 Å². The van der Waals surface area contributed by atoms with Crippen LogP contribution < -0.4 is 15.4 Å². The van der Waals surface area contributed by atoms with E-state index >= 15 is 0 Å². The van der Waals surface area contributed by atoms with E-state index in [1.54, 1.807) is 6.07 Å². The first kappa shape index (κ1) is 22.1. The van der Waals surface area contributed by atoms with Crippen molar-refractivity contribution in [3.8, 4) is 0 Å². The van der Waals surface area contributed by atoms with Gasteiger partial charge in [0.1, 0.15) is 0 Å². The molecule has 0 saturated heterocycles. The molecular weight excluding hydrogens is 427 g/mol. The number of nitrogens with one attached hydrogen (secondary N) is 3. The fraction of sp³-hybridized carbons (Fsp3) is 0.533. The molecule has 1 aromatic carbocycles. The lowest BCUT2D eigenvalue weighted by molar-refractivity contribution is 0.587. The van der Waals surface area contributed by atoms with E-state index < -0.39 is 10.0 Å². The van der Waals surface area contributed by atoms with Gasteiger partial charge in [0.2, 0.25) is 10.0 Å². The molecule has 23 heavy (non-hydrogen) atoms. The molecule has 0 aromatic heterocycles. The molecular formula is C15H27IN4O2S. The number of guanidine groups is 1. The predicted octanol–water partition coefficient (Wildman–Crippen LogP) is 1.82. The molecule has 0 aliphatic carbocycles. The summed E-state index contributed by atoms with van der Waals surface area (Å²) >= 11 is 0. The van der Waals surface area contributed by atoms with Gasteiger partial charge in [-0.2, -0.15) is 0 Å². The van der Waals surface area contributed by atoms with E-state index in [9.17, 15) is 8.42 Å². The minimum Gasteiger partial charge on any atom is -0.357 e. The summed E-state index contributed by atoms with van der Waals surface area (Å²) in [6, 6.07) is 7.77. The number of nitrogens with zero attached hydrogens (tertiary/aromatic N) is 1. The van der Waals surface area contributed by atoms with Crippen LogP contribution in [0.4, 0.5) is 0 Å². The van der Waals surface area contributed by atoms with E-state index in [0.717, 1.165) is 23.6 Å². The highest BCUT2D eigenvalue weighted by Crippen LogP contribution is 2.09. The van der Waals surface area contributed by atoms with Crippen molar-refractivity contribution >= 4 is 40.0 Å². The van der Waals surface area contributed by atoms with Gasteiger partial charge in [-0.05, 0) is 38.9 Å². The molecule has 132 valence electrons. The summed E-state index contributed by atoms with van der Waals surface area (Å²) in [6.45, 7) is 7.40. The van der Waals surface area contributed by atoms with E-state index in [1.165, 1.54) is 7.05 Å². The quantitative estimate of drug-likeness (QED) is 0.334. The Hall–Kier alpha value is -0.870. The Morgan fingerprint density at radius 1 is 1.26 bits per heavy atom. The lowest BCUT2D eigenvalue weighted by Crippen LogP contribution is -2.41. The maximum Gasteiger partial charge on any atom is 0.215 e. The highest BCUT2D eigenvalue weighted by atomic mass is 127. The van der Waals surface area contributed by atoms with Crippen LogP contribution in [0.1, 0.15) is 31.9 Å². The SMILES string of the molecule is CCNC(=NCc1cccc(CS(=O)(=O)NC)c1)NC(C)C.I. The van der Waals surface area contributed by atoms with E-state index in [0.29, 0.717) is 12.6 Å². The number of benzene rings is 1. The average molecular weight is 454 g/mol. The monoisotopic (exact) mass is 454 g/mol. The Kier molecular flexibility index (Phi) is 10.4. The first-order valence-corrected chi connectivity index (χ1v) is 9.05. The maximum atomic E-state index is 11.6. The molecule has 6 nitrogen and oxygen atoms in total. The molecule has 0 atom stereocenters. The van der Waals surface area contributed by atoms with Crippen molar-refractivity contribution in [2.75, 3.05) is 13.6 Å². The molecule has 0 radical (unpaired) electrons. The third-order valence-corrected chi connectivity index (χ3v) is 4.18. The summed E-state index contributed by atoms with van der Waals surface area (Å²) in [5, 5.41) is 6.43. The molecule has 3 N–H and O–H groups in total. The Balaban J connectivity index is 0.00000484. The van der Waals surface area contributed by atoms with Crippen molar-refractivity contribution < 1.29 is 8.42 Å². The second kappa shape index (κ2) is 10.8. The lowest BCUT2D eigenvalue weighted by atomic mass is 10.1. The largest absolute Gasteiger partial charge is 0.357 e. The van der Waals surface area contributed by atoms with Crippen molar-refractivity contribution in [1.82, 2.24) is 15.4 Å². The second-order valence-corrected chi connectivity index (χ2v) is 7.20. The average Bonchev–Trinajstić information content (AvgIpc) is 2.44. The zero-order valence-electron chi connectivity index (χ0n) is 14.1. The van der Waals surface area contributed by atoms with Gasteiger partial charge < -0.3 is 10.6 Å². The van der Waals surface area contributed by atoms with Crippen LogP contribution >= 0.6 is 24.0 Å². The van der Waals surface area contributed by atoms with Gasteiger partial charge in [0.25, 0.3) is 0 Å². The number of sulfonamides is 1. The Morgan fingerprint density at radius 2 is 1.91 bits per heavy atom. The van der Waals surface area contributed by atoms with E-state index in [-0.39, 0.29) is 29.7 Å². The van der Waals surface area contributed by atoms with Crippen LogP contribution in [-0.2, 0) is 22.3 Å². The minimum absolute atomic E-state index is 0. The summed E-state index contributed by atoms with van der Waals surface area (Å²) in [5.41, 5.74) is 1.73. The molecule has 0 saturated carbocycles. The van der Waals surface area contributed by atoms with Gasteiger partial charge in [0.15, 0.2) is 5.96 Å². The number of aliphatic imine (C=N–C) groups is 1. The predicted molar refractivity (Wildman–Crippen MR) is 107 cm³/mol. The van der Waals surface area contributed by atoms with E-state index in [1.807, 2.05) is 25.1 Å². The molecule has 1 aromatic rings. The molecule has 0 bridgehead atoms. The second-order valence-electron chi connectivity index (χ2n) is 5.28. The zero-order valence-corrected chi connectivity index (χ0v) is 17.2. The molecule has 0 unspecified atom stereocenters. The summed E-state index contributed by atoms with van der Waals surface area (Å²) in [6.07, 6.45) is 0. The van der Waals surface area contributed by atoms with Crippen molar-refractivity contribution in [2.24, 2.45) is 4.99 Å². The smallest absolute Gasteiger partial charge is 0.215 e. The van der Waals surface area contributed by atoms with Gasteiger partial charge in [-0.3, -0.25) is 0 Å². The molecule has 0 aliphatic heterocycles. The molecule has 0 heterocycles. The standard InChI is InChI=1S/C15H26N4O2S.HI/c1-5-17-15(19-12(2)3)18-10-13-7-6-8-14(9-13)11-22(20,21)16-4;/h6-9,12,16H,5,10-11H2,1-4H3,(H2,17,18,19);1H. The zero-order chi connectivity index (χ0) is 16.6. The first-order chi connectivity index (χ1) is 10.4. The molecule has 8 heteroatoms. The van der Waals surface area contributed by atoms with Gasteiger partial charge in [0.05, 0.1) is 12.3 Å². The van der Waals surface area contributed by atoms with Crippen molar-refractivity contribution in [3.05, 3.63) is 35.4 Å². The first-order valence-electron chi connectivity index (χ1n) is 7.40. The third-order valence-electron chi connectivity index (χ3n) is 2.85. The number of halogens is 1. The molecule has 0 spiro atoms. The van der Waals surface area contributed by atoms with Gasteiger partial charge in [0, 0.05) is 12.6 Å². The number of hydrogen-bond donors (Lipinski definition) is 3. The van der Waals surface area contributed by atoms with Gasteiger partial charge in [-0.1, -0.05) is 24.3 Å². The molecule has 0 aliphatic rings. The fourth-order valence-corrected chi connectivity index (χ4v) is 2.64. The maximum absolute atomic E-state index is 11.6. The summed E-state index contributed by atoms with van der Waals surface area (Å²) in [5.74, 6) is 0.733.